The fourth-order valence-electron chi connectivity index (χ4n) is 3.21. The Hall–Kier alpha value is -0.520. The minimum Gasteiger partial charge on any atom is -0.0807 e. The third-order valence-corrected chi connectivity index (χ3v) is 3.78. The van der Waals surface area contributed by atoms with Crippen molar-refractivity contribution in [1.29, 1.82) is 0 Å². The monoisotopic (exact) mass is 160 g/mol. The van der Waals surface area contributed by atoms with Gasteiger partial charge < -0.3 is 0 Å². The Balaban J connectivity index is 1.95. The molecule has 0 amide bonds. The summed E-state index contributed by atoms with van der Waals surface area (Å²) < 4.78 is 0. The highest BCUT2D eigenvalue weighted by Gasteiger charge is 2.41. The van der Waals surface area contributed by atoms with E-state index in [0.717, 1.165) is 11.8 Å². The van der Waals surface area contributed by atoms with Crippen molar-refractivity contribution < 1.29 is 0 Å². The zero-order chi connectivity index (χ0) is 7.97. The van der Waals surface area contributed by atoms with E-state index < -0.39 is 0 Å². The third-order valence-electron chi connectivity index (χ3n) is 3.78. The summed E-state index contributed by atoms with van der Waals surface area (Å²) in [5.74, 6) is 1.98. The maximum absolute atomic E-state index is 2.50. The fourth-order valence-corrected chi connectivity index (χ4v) is 3.21. The van der Waals surface area contributed by atoms with E-state index in [2.05, 4.69) is 12.2 Å². The van der Waals surface area contributed by atoms with Crippen LogP contribution in [0, 0.1) is 11.8 Å². The molecule has 0 saturated heterocycles. The first-order valence-electron chi connectivity index (χ1n) is 5.37. The van der Waals surface area contributed by atoms with E-state index in [0.29, 0.717) is 0 Å². The molecule has 0 bridgehead atoms. The predicted molar refractivity (Wildman–Crippen MR) is 50.8 cm³/mol. The van der Waals surface area contributed by atoms with Gasteiger partial charge in [0.1, 0.15) is 0 Å². The average molecular weight is 160 g/mol. The summed E-state index contributed by atoms with van der Waals surface area (Å²) in [6.07, 6.45) is 13.5. The summed E-state index contributed by atoms with van der Waals surface area (Å²) in [5.41, 5.74) is 3.48. The molecule has 3 aliphatic rings. The van der Waals surface area contributed by atoms with Crippen molar-refractivity contribution in [2.24, 2.45) is 11.8 Å². The molecule has 1 saturated carbocycles. The highest BCUT2D eigenvalue weighted by atomic mass is 14.5. The molecule has 0 aliphatic heterocycles. The van der Waals surface area contributed by atoms with Crippen LogP contribution in [0.1, 0.15) is 38.5 Å². The predicted octanol–water partition coefficient (Wildman–Crippen LogP) is 3.45. The maximum atomic E-state index is 2.50. The molecule has 0 nitrogen and oxygen atoms in total. The zero-order valence-corrected chi connectivity index (χ0v) is 7.55. The van der Waals surface area contributed by atoms with E-state index in [4.69, 9.17) is 0 Å². The van der Waals surface area contributed by atoms with Crippen LogP contribution in [0.25, 0.3) is 0 Å². The number of hydrogen-bond acceptors (Lipinski definition) is 0. The van der Waals surface area contributed by atoms with Gasteiger partial charge >= 0.3 is 0 Å². The molecule has 2 atom stereocenters. The molecule has 1 fully saturated rings. The van der Waals surface area contributed by atoms with Gasteiger partial charge in [-0.1, -0.05) is 12.2 Å². The van der Waals surface area contributed by atoms with Gasteiger partial charge in [-0.3, -0.25) is 0 Å². The smallest absolute Gasteiger partial charge is 0.00934 e. The molecule has 0 heterocycles. The standard InChI is InChI=1S/C12H16/c1-2-6-10-9(5-1)11-7-3-4-8-12(10)11/h5,7,10,12H,1-4,6,8H2/t10-,12+/m1/s1. The topological polar surface area (TPSA) is 0 Å². The number of hydrogen-bond donors (Lipinski definition) is 0. The quantitative estimate of drug-likeness (QED) is 0.509. The second-order valence-electron chi connectivity index (χ2n) is 4.39. The van der Waals surface area contributed by atoms with Crippen LogP contribution >= 0.6 is 0 Å². The van der Waals surface area contributed by atoms with Crippen molar-refractivity contribution >= 4 is 0 Å². The van der Waals surface area contributed by atoms with Gasteiger partial charge in [-0.2, -0.15) is 0 Å². The van der Waals surface area contributed by atoms with Crippen molar-refractivity contribution in [2.75, 3.05) is 0 Å². The van der Waals surface area contributed by atoms with Gasteiger partial charge in [-0.05, 0) is 61.5 Å². The van der Waals surface area contributed by atoms with Crippen LogP contribution in [0.2, 0.25) is 0 Å². The van der Waals surface area contributed by atoms with Crippen LogP contribution in [-0.4, -0.2) is 0 Å². The van der Waals surface area contributed by atoms with Gasteiger partial charge in [-0.25, -0.2) is 0 Å². The molecule has 0 heteroatoms. The molecule has 0 spiro atoms. The van der Waals surface area contributed by atoms with Gasteiger partial charge in [0, 0.05) is 0 Å². The van der Waals surface area contributed by atoms with Gasteiger partial charge in [0.15, 0.2) is 0 Å². The average Bonchev–Trinajstić information content (AvgIpc) is 2.14. The molecule has 0 aromatic carbocycles. The van der Waals surface area contributed by atoms with Gasteiger partial charge in [-0.15, -0.1) is 0 Å². The number of allylic oxidation sites excluding steroid dienone is 4. The van der Waals surface area contributed by atoms with Crippen LogP contribution < -0.4 is 0 Å². The van der Waals surface area contributed by atoms with Crippen molar-refractivity contribution in [3.8, 4) is 0 Å². The molecule has 0 aromatic rings. The van der Waals surface area contributed by atoms with Crippen LogP contribution in [0.15, 0.2) is 23.3 Å². The minimum atomic E-state index is 0.991. The Labute approximate surface area is 74.4 Å². The first-order valence-corrected chi connectivity index (χ1v) is 5.37. The lowest BCUT2D eigenvalue weighted by Gasteiger charge is -2.47. The van der Waals surface area contributed by atoms with Crippen molar-refractivity contribution in [1.82, 2.24) is 0 Å². The second-order valence-corrected chi connectivity index (χ2v) is 4.39. The summed E-state index contributed by atoms with van der Waals surface area (Å²) in [4.78, 5) is 0. The SMILES string of the molecule is C1=C2C3=CCCC[C@H]3[C@@H]2CCC1. The van der Waals surface area contributed by atoms with Gasteiger partial charge in [0.05, 0.1) is 0 Å². The Bertz CT molecular complexity index is 229. The Morgan fingerprint density at radius 1 is 0.833 bits per heavy atom. The molecule has 64 valence electrons. The largest absolute Gasteiger partial charge is 0.0807 e. The molecule has 3 rings (SSSR count). The van der Waals surface area contributed by atoms with Crippen LogP contribution in [-0.2, 0) is 0 Å². The molecule has 0 N–H and O–H groups in total. The van der Waals surface area contributed by atoms with Gasteiger partial charge in [0.2, 0.25) is 0 Å². The summed E-state index contributed by atoms with van der Waals surface area (Å²) in [7, 11) is 0. The Kier molecular flexibility index (Phi) is 1.44. The van der Waals surface area contributed by atoms with Crippen molar-refractivity contribution in [2.45, 2.75) is 38.5 Å². The summed E-state index contributed by atoms with van der Waals surface area (Å²) in [6.45, 7) is 0. The van der Waals surface area contributed by atoms with Gasteiger partial charge in [0.25, 0.3) is 0 Å². The lowest BCUT2D eigenvalue weighted by Crippen LogP contribution is -2.35. The molecule has 0 unspecified atom stereocenters. The van der Waals surface area contributed by atoms with Crippen molar-refractivity contribution in [3.05, 3.63) is 23.3 Å². The van der Waals surface area contributed by atoms with Crippen LogP contribution in [0.5, 0.6) is 0 Å². The minimum absolute atomic E-state index is 0.991. The molecule has 0 aromatic heterocycles. The van der Waals surface area contributed by atoms with E-state index in [1.807, 2.05) is 0 Å². The molecule has 0 radical (unpaired) electrons. The fraction of sp³-hybridized carbons (Fsp3) is 0.667. The molecule has 12 heavy (non-hydrogen) atoms. The van der Waals surface area contributed by atoms with E-state index in [1.165, 1.54) is 38.5 Å². The molecular weight excluding hydrogens is 144 g/mol. The van der Waals surface area contributed by atoms with E-state index in [1.54, 1.807) is 11.1 Å². The highest BCUT2D eigenvalue weighted by molar-refractivity contribution is 5.47. The second kappa shape index (κ2) is 2.48. The first-order chi connectivity index (χ1) is 5.97. The Morgan fingerprint density at radius 3 is 1.83 bits per heavy atom. The van der Waals surface area contributed by atoms with Crippen LogP contribution in [0.3, 0.4) is 0 Å². The lowest BCUT2D eigenvalue weighted by atomic mass is 9.58. The normalized spacial score (nSPS) is 38.7. The summed E-state index contributed by atoms with van der Waals surface area (Å²) in [5, 5.41) is 0. The highest BCUT2D eigenvalue weighted by Crippen LogP contribution is 2.54. The van der Waals surface area contributed by atoms with Crippen molar-refractivity contribution in [3.63, 3.8) is 0 Å². The lowest BCUT2D eigenvalue weighted by molar-refractivity contribution is 0.287. The van der Waals surface area contributed by atoms with Crippen LogP contribution in [0.4, 0.5) is 0 Å². The molecule has 3 aliphatic carbocycles. The maximum Gasteiger partial charge on any atom is -0.00934 e. The first kappa shape index (κ1) is 6.94. The molecular formula is C12H16. The Morgan fingerprint density at radius 2 is 1.33 bits per heavy atom. The van der Waals surface area contributed by atoms with E-state index >= 15 is 0 Å². The summed E-state index contributed by atoms with van der Waals surface area (Å²) in [6, 6.07) is 0. The van der Waals surface area contributed by atoms with E-state index in [-0.39, 0.29) is 0 Å². The van der Waals surface area contributed by atoms with E-state index in [9.17, 15) is 0 Å². The zero-order valence-electron chi connectivity index (χ0n) is 7.55. The third kappa shape index (κ3) is 0.784. The number of fused-ring (bicyclic) bond motifs is 4. The number of rotatable bonds is 0. The summed E-state index contributed by atoms with van der Waals surface area (Å²) >= 11 is 0.